The van der Waals surface area contributed by atoms with E-state index in [2.05, 4.69) is 36.2 Å². The van der Waals surface area contributed by atoms with Crippen molar-refractivity contribution < 1.29 is 0 Å². The van der Waals surface area contributed by atoms with Crippen LogP contribution in [-0.4, -0.2) is 4.98 Å². The molecule has 2 rings (SSSR count). The van der Waals surface area contributed by atoms with Crippen molar-refractivity contribution in [3.05, 3.63) is 49.0 Å². The molecule has 0 aliphatic rings. The normalized spacial score (nSPS) is 10.6. The Kier molecular flexibility index (Phi) is 2.78. The molecule has 0 aliphatic heterocycles. The number of pyridine rings is 1. The van der Waals surface area contributed by atoms with Gasteiger partial charge in [-0.25, -0.2) is 0 Å². The Hall–Kier alpha value is -1.37. The van der Waals surface area contributed by atoms with Crippen molar-refractivity contribution in [1.29, 1.82) is 0 Å². The molecule has 1 radical (unpaired) electrons. The minimum absolute atomic E-state index is 1.00. The number of nitrogens with zero attached hydrogens (tertiary/aromatic N) is 1. The smallest absolute Gasteiger partial charge is 0.0704 e. The monoisotopic (exact) mass is 184 g/mol. The minimum atomic E-state index is 1.00. The molecule has 0 N–H and O–H groups in total. The quantitative estimate of drug-likeness (QED) is 0.712. The highest BCUT2D eigenvalue weighted by Gasteiger charge is 1.96. The highest BCUT2D eigenvalue weighted by Crippen LogP contribution is 2.14. The van der Waals surface area contributed by atoms with E-state index >= 15 is 0 Å². The maximum atomic E-state index is 4.33. The van der Waals surface area contributed by atoms with Gasteiger partial charge in [-0.2, -0.15) is 0 Å². The Labute approximate surface area is 84.8 Å². The molecule has 1 heteroatoms. The lowest BCUT2D eigenvalue weighted by atomic mass is 10.1. The van der Waals surface area contributed by atoms with Crippen molar-refractivity contribution in [2.45, 2.75) is 19.3 Å². The van der Waals surface area contributed by atoms with Gasteiger partial charge in [-0.1, -0.05) is 31.5 Å². The molecule has 0 amide bonds. The van der Waals surface area contributed by atoms with Crippen molar-refractivity contribution >= 4 is 10.9 Å². The van der Waals surface area contributed by atoms with Crippen LogP contribution in [0.2, 0.25) is 0 Å². The molecule has 0 saturated heterocycles. The molecule has 1 aromatic carbocycles. The third-order valence-electron chi connectivity index (χ3n) is 2.39. The van der Waals surface area contributed by atoms with Crippen LogP contribution in [0.4, 0.5) is 0 Å². The van der Waals surface area contributed by atoms with Crippen LogP contribution < -0.4 is 0 Å². The largest absolute Gasteiger partial charge is 0.256 e. The van der Waals surface area contributed by atoms with E-state index in [9.17, 15) is 0 Å². The predicted molar refractivity (Wildman–Crippen MR) is 60.0 cm³/mol. The Balaban J connectivity index is 2.32. The zero-order chi connectivity index (χ0) is 9.80. The number of hydrogen-bond donors (Lipinski definition) is 0. The van der Waals surface area contributed by atoms with E-state index in [0.29, 0.717) is 0 Å². The highest BCUT2D eigenvalue weighted by molar-refractivity contribution is 5.78. The van der Waals surface area contributed by atoms with Crippen molar-refractivity contribution in [2.75, 3.05) is 0 Å². The molecule has 14 heavy (non-hydrogen) atoms. The molecule has 0 saturated carbocycles. The molecular formula is C13H14N. The number of rotatable bonds is 3. The Morgan fingerprint density at radius 1 is 1.21 bits per heavy atom. The lowest BCUT2D eigenvalue weighted by Crippen LogP contribution is -1.85. The maximum absolute atomic E-state index is 4.33. The first kappa shape index (κ1) is 9.20. The number of unbranched alkanes of at least 4 members (excludes halogenated alkanes) is 1. The molecule has 0 fully saturated rings. The summed E-state index contributed by atoms with van der Waals surface area (Å²) in [5.74, 6) is 0. The van der Waals surface area contributed by atoms with Gasteiger partial charge < -0.3 is 0 Å². The first-order valence-corrected chi connectivity index (χ1v) is 5.03. The zero-order valence-corrected chi connectivity index (χ0v) is 8.24. The second-order valence-corrected chi connectivity index (χ2v) is 3.49. The van der Waals surface area contributed by atoms with E-state index in [-0.39, 0.29) is 0 Å². The van der Waals surface area contributed by atoms with Crippen LogP contribution in [0.5, 0.6) is 0 Å². The standard InChI is InChI=1S/C13H14N/c1-2-3-5-11-7-8-12-6-4-9-14-13(12)10-11/h4,6-10H,1-3,5H2. The fourth-order valence-electron chi connectivity index (χ4n) is 1.60. The number of fused-ring (bicyclic) bond motifs is 1. The van der Waals surface area contributed by atoms with Gasteiger partial charge in [0.05, 0.1) is 5.52 Å². The van der Waals surface area contributed by atoms with Gasteiger partial charge in [0.2, 0.25) is 0 Å². The molecule has 1 nitrogen and oxygen atoms in total. The molecule has 0 unspecified atom stereocenters. The van der Waals surface area contributed by atoms with Gasteiger partial charge >= 0.3 is 0 Å². The van der Waals surface area contributed by atoms with Gasteiger partial charge in [0, 0.05) is 11.6 Å². The molecular weight excluding hydrogens is 170 g/mol. The molecule has 71 valence electrons. The minimum Gasteiger partial charge on any atom is -0.256 e. The van der Waals surface area contributed by atoms with E-state index < -0.39 is 0 Å². The Morgan fingerprint density at radius 3 is 3.00 bits per heavy atom. The topological polar surface area (TPSA) is 12.9 Å². The summed E-state index contributed by atoms with van der Waals surface area (Å²) in [6, 6.07) is 10.6. The van der Waals surface area contributed by atoms with Crippen molar-refractivity contribution in [3.63, 3.8) is 0 Å². The van der Waals surface area contributed by atoms with Crippen LogP contribution in [0.1, 0.15) is 18.4 Å². The summed E-state index contributed by atoms with van der Waals surface area (Å²) >= 11 is 0. The number of hydrogen-bond acceptors (Lipinski definition) is 1. The molecule has 0 atom stereocenters. The van der Waals surface area contributed by atoms with E-state index in [1.165, 1.54) is 10.9 Å². The lowest BCUT2D eigenvalue weighted by Gasteiger charge is -2.01. The number of aromatic nitrogens is 1. The van der Waals surface area contributed by atoms with Gasteiger partial charge in [0.25, 0.3) is 0 Å². The lowest BCUT2D eigenvalue weighted by molar-refractivity contribution is 0.842. The summed E-state index contributed by atoms with van der Waals surface area (Å²) in [6.45, 7) is 3.85. The summed E-state index contributed by atoms with van der Waals surface area (Å²) in [6.07, 6.45) is 5.10. The van der Waals surface area contributed by atoms with E-state index in [1.54, 1.807) is 0 Å². The summed E-state index contributed by atoms with van der Waals surface area (Å²) in [7, 11) is 0. The van der Waals surface area contributed by atoms with Crippen LogP contribution in [0.3, 0.4) is 0 Å². The van der Waals surface area contributed by atoms with Crippen LogP contribution in [0.25, 0.3) is 10.9 Å². The Morgan fingerprint density at radius 2 is 2.14 bits per heavy atom. The van der Waals surface area contributed by atoms with E-state index in [4.69, 9.17) is 0 Å². The van der Waals surface area contributed by atoms with E-state index in [1.807, 2.05) is 12.3 Å². The maximum Gasteiger partial charge on any atom is 0.0704 e. The molecule has 0 aliphatic carbocycles. The summed E-state index contributed by atoms with van der Waals surface area (Å²) in [5.41, 5.74) is 2.45. The van der Waals surface area contributed by atoms with Gasteiger partial charge in [-0.05, 0) is 30.5 Å². The summed E-state index contributed by atoms with van der Waals surface area (Å²) < 4.78 is 0. The fourth-order valence-corrected chi connectivity index (χ4v) is 1.60. The van der Waals surface area contributed by atoms with Gasteiger partial charge in [0.1, 0.15) is 0 Å². The highest BCUT2D eigenvalue weighted by atomic mass is 14.6. The van der Waals surface area contributed by atoms with Crippen LogP contribution >= 0.6 is 0 Å². The molecule has 0 bridgehead atoms. The average Bonchev–Trinajstić information content (AvgIpc) is 2.26. The van der Waals surface area contributed by atoms with Gasteiger partial charge in [-0.15, -0.1) is 0 Å². The SMILES string of the molecule is [CH2]CCCc1ccc2cccnc2c1. The second kappa shape index (κ2) is 4.23. The van der Waals surface area contributed by atoms with Crippen LogP contribution in [0, 0.1) is 6.92 Å². The molecule has 1 heterocycles. The van der Waals surface area contributed by atoms with Crippen molar-refractivity contribution in [1.82, 2.24) is 4.98 Å². The second-order valence-electron chi connectivity index (χ2n) is 3.49. The number of aryl methyl sites for hydroxylation is 1. The molecule has 2 aromatic rings. The summed E-state index contributed by atoms with van der Waals surface area (Å²) in [5, 5.41) is 1.21. The number of benzene rings is 1. The third kappa shape index (κ3) is 1.92. The predicted octanol–water partition coefficient (Wildman–Crippen LogP) is 3.39. The Bertz CT molecular complexity index is 420. The van der Waals surface area contributed by atoms with Crippen LogP contribution in [-0.2, 0) is 6.42 Å². The van der Waals surface area contributed by atoms with Crippen molar-refractivity contribution in [2.24, 2.45) is 0 Å². The van der Waals surface area contributed by atoms with Gasteiger partial charge in [-0.3, -0.25) is 4.98 Å². The summed E-state index contributed by atoms with van der Waals surface area (Å²) in [4.78, 5) is 4.33. The average molecular weight is 184 g/mol. The third-order valence-corrected chi connectivity index (χ3v) is 2.39. The first-order chi connectivity index (χ1) is 6.90. The fraction of sp³-hybridized carbons (Fsp3) is 0.231. The molecule has 0 spiro atoms. The first-order valence-electron chi connectivity index (χ1n) is 5.03. The zero-order valence-electron chi connectivity index (χ0n) is 8.24. The molecule has 1 aromatic heterocycles. The van der Waals surface area contributed by atoms with E-state index in [0.717, 1.165) is 24.8 Å². The van der Waals surface area contributed by atoms with Crippen LogP contribution in [0.15, 0.2) is 36.5 Å². The van der Waals surface area contributed by atoms with Crippen molar-refractivity contribution in [3.8, 4) is 0 Å². The van der Waals surface area contributed by atoms with Gasteiger partial charge in [0.15, 0.2) is 0 Å².